The first-order valence-corrected chi connectivity index (χ1v) is 15.5. The van der Waals surface area contributed by atoms with E-state index < -0.39 is 0 Å². The summed E-state index contributed by atoms with van der Waals surface area (Å²) in [6, 6.07) is 57.7. The molecule has 3 heteroatoms. The van der Waals surface area contributed by atoms with Crippen molar-refractivity contribution >= 4 is 43.1 Å². The first kappa shape index (κ1) is 26.2. The normalized spacial score (nSPS) is 11.5. The SMILES string of the molecule is c1ccc(-c2nc(-c3ccc4ccccc4c3)nc(-c3cccc4cc(-c5cc6ccccc6c6ccccc56)ccc34)n2)cc1. The van der Waals surface area contributed by atoms with E-state index in [9.17, 15) is 0 Å². The summed E-state index contributed by atoms with van der Waals surface area (Å²) in [5.41, 5.74) is 5.31. The second kappa shape index (κ2) is 10.8. The third-order valence-electron chi connectivity index (χ3n) is 8.88. The summed E-state index contributed by atoms with van der Waals surface area (Å²) in [5, 5.41) is 9.62. The molecule has 0 unspecified atom stereocenters. The van der Waals surface area contributed by atoms with E-state index >= 15 is 0 Å². The van der Waals surface area contributed by atoms with Crippen molar-refractivity contribution in [2.24, 2.45) is 0 Å². The lowest BCUT2D eigenvalue weighted by Gasteiger charge is -2.13. The molecule has 0 fully saturated rings. The van der Waals surface area contributed by atoms with Crippen molar-refractivity contribution in [3.8, 4) is 45.3 Å². The molecular formula is C43H27N3. The average molecular weight is 586 g/mol. The Hall–Kier alpha value is -6.19. The highest BCUT2D eigenvalue weighted by Crippen LogP contribution is 2.38. The van der Waals surface area contributed by atoms with Crippen molar-refractivity contribution in [2.75, 3.05) is 0 Å². The van der Waals surface area contributed by atoms with Gasteiger partial charge in [-0.2, -0.15) is 0 Å². The van der Waals surface area contributed by atoms with E-state index in [1.54, 1.807) is 0 Å². The largest absolute Gasteiger partial charge is 0.208 e. The predicted molar refractivity (Wildman–Crippen MR) is 192 cm³/mol. The van der Waals surface area contributed by atoms with E-state index in [1.165, 1.54) is 38.1 Å². The number of nitrogens with zero attached hydrogens (tertiary/aromatic N) is 3. The van der Waals surface area contributed by atoms with E-state index in [0.29, 0.717) is 17.5 Å². The first-order valence-electron chi connectivity index (χ1n) is 15.5. The highest BCUT2D eigenvalue weighted by molar-refractivity contribution is 6.14. The van der Waals surface area contributed by atoms with Crippen molar-refractivity contribution in [1.29, 1.82) is 0 Å². The summed E-state index contributed by atoms with van der Waals surface area (Å²) in [7, 11) is 0. The summed E-state index contributed by atoms with van der Waals surface area (Å²) in [5.74, 6) is 1.97. The van der Waals surface area contributed by atoms with Gasteiger partial charge in [-0.3, -0.25) is 0 Å². The minimum Gasteiger partial charge on any atom is -0.208 e. The quantitative estimate of drug-likeness (QED) is 0.193. The van der Waals surface area contributed by atoms with Gasteiger partial charge >= 0.3 is 0 Å². The van der Waals surface area contributed by atoms with Crippen molar-refractivity contribution < 1.29 is 0 Å². The molecule has 0 atom stereocenters. The summed E-state index contributed by atoms with van der Waals surface area (Å²) in [4.78, 5) is 15.1. The first-order chi connectivity index (χ1) is 22.8. The van der Waals surface area contributed by atoms with Gasteiger partial charge in [-0.15, -0.1) is 0 Å². The fraction of sp³-hybridized carbons (Fsp3) is 0. The third-order valence-corrected chi connectivity index (χ3v) is 8.88. The Balaban J connectivity index is 1.22. The van der Waals surface area contributed by atoms with Gasteiger partial charge in [-0.1, -0.05) is 146 Å². The molecule has 0 saturated carbocycles. The van der Waals surface area contributed by atoms with Crippen LogP contribution in [0.3, 0.4) is 0 Å². The molecule has 0 saturated heterocycles. The fourth-order valence-corrected chi connectivity index (χ4v) is 6.61. The molecule has 214 valence electrons. The van der Waals surface area contributed by atoms with Crippen LogP contribution in [-0.4, -0.2) is 15.0 Å². The lowest BCUT2D eigenvalue weighted by atomic mass is 9.91. The van der Waals surface area contributed by atoms with Crippen LogP contribution in [0.5, 0.6) is 0 Å². The molecule has 9 aromatic rings. The van der Waals surface area contributed by atoms with Crippen LogP contribution in [0.4, 0.5) is 0 Å². The highest BCUT2D eigenvalue weighted by Gasteiger charge is 2.16. The van der Waals surface area contributed by atoms with E-state index in [2.05, 4.69) is 133 Å². The van der Waals surface area contributed by atoms with Gasteiger partial charge < -0.3 is 0 Å². The molecule has 0 aliphatic carbocycles. The maximum absolute atomic E-state index is 5.09. The molecular weight excluding hydrogens is 558 g/mol. The molecule has 1 aromatic heterocycles. The van der Waals surface area contributed by atoms with Gasteiger partial charge in [0, 0.05) is 16.7 Å². The van der Waals surface area contributed by atoms with Gasteiger partial charge in [0.05, 0.1) is 0 Å². The molecule has 0 aliphatic rings. The molecule has 0 amide bonds. The Morgan fingerprint density at radius 3 is 1.70 bits per heavy atom. The van der Waals surface area contributed by atoms with Gasteiger partial charge in [-0.05, 0) is 72.4 Å². The van der Waals surface area contributed by atoms with E-state index in [-0.39, 0.29) is 0 Å². The van der Waals surface area contributed by atoms with Crippen LogP contribution in [0.2, 0.25) is 0 Å². The summed E-state index contributed by atoms with van der Waals surface area (Å²) < 4.78 is 0. The lowest BCUT2D eigenvalue weighted by Crippen LogP contribution is -2.00. The predicted octanol–water partition coefficient (Wildman–Crippen LogP) is 11.2. The lowest BCUT2D eigenvalue weighted by molar-refractivity contribution is 1.08. The molecule has 0 N–H and O–H groups in total. The van der Waals surface area contributed by atoms with Gasteiger partial charge in [0.15, 0.2) is 17.5 Å². The number of rotatable bonds is 4. The maximum Gasteiger partial charge on any atom is 0.164 e. The molecule has 1 heterocycles. The Morgan fingerprint density at radius 1 is 0.261 bits per heavy atom. The van der Waals surface area contributed by atoms with Gasteiger partial charge in [0.1, 0.15) is 0 Å². The van der Waals surface area contributed by atoms with Gasteiger partial charge in [-0.25, -0.2) is 15.0 Å². The monoisotopic (exact) mass is 585 g/mol. The number of hydrogen-bond acceptors (Lipinski definition) is 3. The van der Waals surface area contributed by atoms with Crippen molar-refractivity contribution in [2.45, 2.75) is 0 Å². The topological polar surface area (TPSA) is 38.7 Å². The van der Waals surface area contributed by atoms with Crippen molar-refractivity contribution in [1.82, 2.24) is 15.0 Å². The maximum atomic E-state index is 5.09. The molecule has 46 heavy (non-hydrogen) atoms. The molecule has 8 aromatic carbocycles. The van der Waals surface area contributed by atoms with Crippen molar-refractivity contribution in [3.05, 3.63) is 164 Å². The fourth-order valence-electron chi connectivity index (χ4n) is 6.61. The molecule has 9 rings (SSSR count). The van der Waals surface area contributed by atoms with Crippen LogP contribution < -0.4 is 0 Å². The van der Waals surface area contributed by atoms with Crippen LogP contribution in [0.1, 0.15) is 0 Å². The number of fused-ring (bicyclic) bond motifs is 5. The Kier molecular flexibility index (Phi) is 6.14. The van der Waals surface area contributed by atoms with E-state index in [0.717, 1.165) is 32.8 Å². The number of benzene rings is 8. The summed E-state index contributed by atoms with van der Waals surface area (Å²) in [6.07, 6.45) is 0. The van der Waals surface area contributed by atoms with Crippen LogP contribution in [0.25, 0.3) is 88.4 Å². The molecule has 0 radical (unpaired) electrons. The second-order valence-electron chi connectivity index (χ2n) is 11.7. The number of aromatic nitrogens is 3. The van der Waals surface area contributed by atoms with E-state index in [4.69, 9.17) is 15.0 Å². The summed E-state index contributed by atoms with van der Waals surface area (Å²) >= 11 is 0. The zero-order valence-corrected chi connectivity index (χ0v) is 24.9. The minimum absolute atomic E-state index is 0.657. The second-order valence-corrected chi connectivity index (χ2v) is 11.7. The molecule has 0 aliphatic heterocycles. The van der Waals surface area contributed by atoms with Crippen LogP contribution >= 0.6 is 0 Å². The van der Waals surface area contributed by atoms with E-state index in [1.807, 2.05) is 30.3 Å². The molecule has 0 bridgehead atoms. The molecule has 0 spiro atoms. The minimum atomic E-state index is 0.657. The van der Waals surface area contributed by atoms with Gasteiger partial charge in [0.2, 0.25) is 0 Å². The van der Waals surface area contributed by atoms with Crippen LogP contribution in [0.15, 0.2) is 164 Å². The zero-order valence-electron chi connectivity index (χ0n) is 24.9. The van der Waals surface area contributed by atoms with Gasteiger partial charge in [0.25, 0.3) is 0 Å². The van der Waals surface area contributed by atoms with Crippen LogP contribution in [0, 0.1) is 0 Å². The highest BCUT2D eigenvalue weighted by atomic mass is 15.0. The van der Waals surface area contributed by atoms with Crippen molar-refractivity contribution in [3.63, 3.8) is 0 Å². The zero-order chi connectivity index (χ0) is 30.5. The Morgan fingerprint density at radius 2 is 0.848 bits per heavy atom. The van der Waals surface area contributed by atoms with Crippen LogP contribution in [-0.2, 0) is 0 Å². The Bertz CT molecular complexity index is 2590. The Labute approximate surface area is 266 Å². The molecule has 3 nitrogen and oxygen atoms in total. The number of hydrogen-bond donors (Lipinski definition) is 0. The smallest absolute Gasteiger partial charge is 0.164 e. The average Bonchev–Trinajstić information content (AvgIpc) is 3.14. The third kappa shape index (κ3) is 4.49. The standard InChI is InChI=1S/C43H27N3/c1-2-12-29(13-3-1)41-44-42(34-22-21-28-11-4-5-14-30(28)25-34)46-43(45-41)39-20-10-16-31-26-33(23-24-36(31)39)40-27-32-15-6-7-17-35(32)37-18-8-9-19-38(37)40/h1-27H. The summed E-state index contributed by atoms with van der Waals surface area (Å²) in [6.45, 7) is 0.